The van der Waals surface area contributed by atoms with Crippen molar-refractivity contribution in [1.29, 1.82) is 0 Å². The highest BCUT2D eigenvalue weighted by Gasteiger charge is 2.15. The van der Waals surface area contributed by atoms with Gasteiger partial charge in [0.2, 0.25) is 0 Å². The van der Waals surface area contributed by atoms with Crippen LogP contribution in [0.1, 0.15) is 43.7 Å². The maximum atomic E-state index is 10.2. The second-order valence-electron chi connectivity index (χ2n) is 5.53. The van der Waals surface area contributed by atoms with Gasteiger partial charge in [-0.2, -0.15) is 0 Å². The first kappa shape index (κ1) is 12.8. The van der Waals surface area contributed by atoms with Crippen molar-refractivity contribution in [3.8, 4) is 0 Å². The van der Waals surface area contributed by atoms with E-state index in [-0.39, 0.29) is 5.41 Å². The molecular formula is C16H19NO. The fourth-order valence-electron chi connectivity index (χ4n) is 1.87. The fourth-order valence-corrected chi connectivity index (χ4v) is 1.87. The van der Waals surface area contributed by atoms with E-state index in [4.69, 9.17) is 0 Å². The molecule has 0 radical (unpaired) electrons. The third-order valence-electron chi connectivity index (χ3n) is 3.06. The molecule has 0 bridgehead atoms. The van der Waals surface area contributed by atoms with E-state index in [0.29, 0.717) is 5.69 Å². The normalized spacial score (nSPS) is 13.3. The van der Waals surface area contributed by atoms with Crippen LogP contribution in [0.3, 0.4) is 0 Å². The van der Waals surface area contributed by atoms with Gasteiger partial charge in [0.1, 0.15) is 6.10 Å². The number of hydrogen-bond acceptors (Lipinski definition) is 2. The van der Waals surface area contributed by atoms with Gasteiger partial charge < -0.3 is 5.11 Å². The SMILES string of the molecule is CC(C)(C)c1ccc([C@H](O)c2ccccn2)cc1. The first-order chi connectivity index (χ1) is 8.48. The van der Waals surface area contributed by atoms with Gasteiger partial charge in [-0.25, -0.2) is 0 Å². The summed E-state index contributed by atoms with van der Waals surface area (Å²) in [5.41, 5.74) is 2.95. The fraction of sp³-hybridized carbons (Fsp3) is 0.312. The number of aliphatic hydroxyl groups is 1. The lowest BCUT2D eigenvalue weighted by atomic mass is 9.86. The Morgan fingerprint density at radius 2 is 1.67 bits per heavy atom. The van der Waals surface area contributed by atoms with Crippen LogP contribution in [-0.2, 0) is 5.41 Å². The largest absolute Gasteiger partial charge is 0.382 e. The van der Waals surface area contributed by atoms with Crippen LogP contribution >= 0.6 is 0 Å². The Morgan fingerprint density at radius 1 is 1.00 bits per heavy atom. The number of benzene rings is 1. The molecule has 1 aromatic carbocycles. The molecule has 0 aliphatic rings. The van der Waals surface area contributed by atoms with Gasteiger partial charge in [0.15, 0.2) is 0 Å². The second-order valence-corrected chi connectivity index (χ2v) is 5.53. The van der Waals surface area contributed by atoms with Crippen molar-refractivity contribution in [2.75, 3.05) is 0 Å². The number of pyridine rings is 1. The third kappa shape index (κ3) is 2.77. The molecule has 0 saturated heterocycles. The van der Waals surface area contributed by atoms with Crippen molar-refractivity contribution >= 4 is 0 Å². The average Bonchev–Trinajstić information content (AvgIpc) is 2.38. The van der Waals surface area contributed by atoms with Crippen LogP contribution in [-0.4, -0.2) is 10.1 Å². The van der Waals surface area contributed by atoms with Crippen LogP contribution in [0.15, 0.2) is 48.7 Å². The van der Waals surface area contributed by atoms with E-state index in [0.717, 1.165) is 5.56 Å². The zero-order valence-electron chi connectivity index (χ0n) is 11.1. The maximum absolute atomic E-state index is 10.2. The summed E-state index contributed by atoms with van der Waals surface area (Å²) >= 11 is 0. The maximum Gasteiger partial charge on any atom is 0.121 e. The Hall–Kier alpha value is -1.67. The number of hydrogen-bond donors (Lipinski definition) is 1. The van der Waals surface area contributed by atoms with E-state index in [2.05, 4.69) is 37.9 Å². The topological polar surface area (TPSA) is 33.1 Å². The van der Waals surface area contributed by atoms with Crippen molar-refractivity contribution in [3.05, 3.63) is 65.5 Å². The Balaban J connectivity index is 2.25. The van der Waals surface area contributed by atoms with Gasteiger partial charge in [-0.05, 0) is 28.7 Å². The lowest BCUT2D eigenvalue weighted by molar-refractivity contribution is 0.215. The quantitative estimate of drug-likeness (QED) is 0.873. The molecule has 0 fully saturated rings. The summed E-state index contributed by atoms with van der Waals surface area (Å²) in [4.78, 5) is 4.18. The molecule has 0 aliphatic carbocycles. The van der Waals surface area contributed by atoms with E-state index in [1.807, 2.05) is 30.3 Å². The number of aliphatic hydroxyl groups excluding tert-OH is 1. The van der Waals surface area contributed by atoms with Crippen LogP contribution in [0.2, 0.25) is 0 Å². The van der Waals surface area contributed by atoms with Crippen molar-refractivity contribution in [2.24, 2.45) is 0 Å². The summed E-state index contributed by atoms with van der Waals surface area (Å²) in [6, 6.07) is 13.7. The van der Waals surface area contributed by atoms with Gasteiger partial charge in [0, 0.05) is 6.20 Å². The molecule has 0 spiro atoms. The minimum absolute atomic E-state index is 0.133. The van der Waals surface area contributed by atoms with E-state index in [1.54, 1.807) is 6.20 Å². The monoisotopic (exact) mass is 241 g/mol. The lowest BCUT2D eigenvalue weighted by Gasteiger charge is -2.20. The molecular weight excluding hydrogens is 222 g/mol. The molecule has 18 heavy (non-hydrogen) atoms. The second kappa shape index (κ2) is 4.91. The van der Waals surface area contributed by atoms with E-state index >= 15 is 0 Å². The van der Waals surface area contributed by atoms with Crippen LogP contribution in [0, 0.1) is 0 Å². The van der Waals surface area contributed by atoms with E-state index < -0.39 is 6.10 Å². The third-order valence-corrected chi connectivity index (χ3v) is 3.06. The standard InChI is InChI=1S/C16H19NO/c1-16(2,3)13-9-7-12(8-10-13)15(18)14-6-4-5-11-17-14/h4-11,15,18H,1-3H3/t15-/m0/s1. The van der Waals surface area contributed by atoms with Gasteiger partial charge >= 0.3 is 0 Å². The van der Waals surface area contributed by atoms with Gasteiger partial charge in [-0.3, -0.25) is 4.98 Å². The molecule has 94 valence electrons. The first-order valence-electron chi connectivity index (χ1n) is 6.18. The Bertz CT molecular complexity index is 497. The number of rotatable bonds is 2. The minimum Gasteiger partial charge on any atom is -0.382 e. The van der Waals surface area contributed by atoms with Crippen LogP contribution in [0.25, 0.3) is 0 Å². The summed E-state index contributed by atoms with van der Waals surface area (Å²) in [5, 5.41) is 10.2. The Morgan fingerprint density at radius 3 is 2.17 bits per heavy atom. The van der Waals surface area contributed by atoms with Crippen LogP contribution in [0.5, 0.6) is 0 Å². The molecule has 0 unspecified atom stereocenters. The molecule has 0 aliphatic heterocycles. The predicted octanol–water partition coefficient (Wildman–Crippen LogP) is 3.46. The highest BCUT2D eigenvalue weighted by Crippen LogP contribution is 2.25. The van der Waals surface area contributed by atoms with Gasteiger partial charge in [-0.1, -0.05) is 51.1 Å². The summed E-state index contributed by atoms with van der Waals surface area (Å²) in [6.45, 7) is 6.53. The van der Waals surface area contributed by atoms with Crippen LogP contribution < -0.4 is 0 Å². The average molecular weight is 241 g/mol. The van der Waals surface area contributed by atoms with Gasteiger partial charge in [0.05, 0.1) is 5.69 Å². The molecule has 0 amide bonds. The highest BCUT2D eigenvalue weighted by atomic mass is 16.3. The Kier molecular flexibility index (Phi) is 3.48. The molecule has 2 heteroatoms. The number of nitrogens with zero attached hydrogens (tertiary/aromatic N) is 1. The first-order valence-corrected chi connectivity index (χ1v) is 6.18. The zero-order chi connectivity index (χ0) is 13.2. The minimum atomic E-state index is -0.653. The van der Waals surface area contributed by atoms with Crippen molar-refractivity contribution in [1.82, 2.24) is 4.98 Å². The van der Waals surface area contributed by atoms with Crippen molar-refractivity contribution < 1.29 is 5.11 Å². The number of aromatic nitrogens is 1. The molecule has 2 aromatic rings. The molecule has 1 aromatic heterocycles. The molecule has 2 rings (SSSR count). The lowest BCUT2D eigenvalue weighted by Crippen LogP contribution is -2.11. The molecule has 1 heterocycles. The summed E-state index contributed by atoms with van der Waals surface area (Å²) in [7, 11) is 0. The molecule has 1 atom stereocenters. The van der Waals surface area contributed by atoms with Crippen molar-refractivity contribution in [3.63, 3.8) is 0 Å². The van der Waals surface area contributed by atoms with E-state index in [9.17, 15) is 5.11 Å². The molecule has 2 nitrogen and oxygen atoms in total. The summed E-state index contributed by atoms with van der Waals surface area (Å²) in [5.74, 6) is 0. The smallest absolute Gasteiger partial charge is 0.121 e. The summed E-state index contributed by atoms with van der Waals surface area (Å²) < 4.78 is 0. The Labute approximate surface area is 108 Å². The molecule has 1 N–H and O–H groups in total. The van der Waals surface area contributed by atoms with E-state index in [1.165, 1.54) is 5.56 Å². The van der Waals surface area contributed by atoms with Gasteiger partial charge in [0.25, 0.3) is 0 Å². The highest BCUT2D eigenvalue weighted by molar-refractivity contribution is 5.31. The van der Waals surface area contributed by atoms with Crippen LogP contribution in [0.4, 0.5) is 0 Å². The summed E-state index contributed by atoms with van der Waals surface area (Å²) in [6.07, 6.45) is 1.04. The van der Waals surface area contributed by atoms with Gasteiger partial charge in [-0.15, -0.1) is 0 Å². The molecule has 0 saturated carbocycles. The van der Waals surface area contributed by atoms with Crippen molar-refractivity contribution in [2.45, 2.75) is 32.3 Å². The predicted molar refractivity (Wildman–Crippen MR) is 73.4 cm³/mol. The zero-order valence-corrected chi connectivity index (χ0v) is 11.1.